The van der Waals surface area contributed by atoms with Gasteiger partial charge in [0.05, 0.1) is 0 Å². The van der Waals surface area contributed by atoms with Crippen molar-refractivity contribution >= 4 is 46.4 Å². The predicted octanol–water partition coefficient (Wildman–Crippen LogP) is -1.07. The number of primary amides is 1. The van der Waals surface area contributed by atoms with Crippen molar-refractivity contribution in [3.8, 4) is 5.75 Å². The van der Waals surface area contributed by atoms with Crippen LogP contribution in [0.15, 0.2) is 59.7 Å². The number of hydrogen-bond donors (Lipinski definition) is 9. The van der Waals surface area contributed by atoms with Gasteiger partial charge in [-0.15, -0.1) is 0 Å². The minimum atomic E-state index is -1.16. The third kappa shape index (κ3) is 9.20. The Balaban J connectivity index is 1.52. The second-order valence-electron chi connectivity index (χ2n) is 11.1. The molecule has 12 N–H and O–H groups in total. The lowest BCUT2D eigenvalue weighted by atomic mass is 10.0. The van der Waals surface area contributed by atoms with Gasteiger partial charge in [0.15, 0.2) is 5.96 Å². The largest absolute Gasteiger partial charge is 0.508 e. The van der Waals surface area contributed by atoms with Crippen LogP contribution < -0.4 is 38.5 Å². The maximum absolute atomic E-state index is 13.7. The number of benzene rings is 2. The summed E-state index contributed by atoms with van der Waals surface area (Å²) in [5.41, 5.74) is 18.8. The van der Waals surface area contributed by atoms with Gasteiger partial charge in [0.2, 0.25) is 29.5 Å². The minimum Gasteiger partial charge on any atom is -0.508 e. The van der Waals surface area contributed by atoms with Gasteiger partial charge < -0.3 is 48.6 Å². The first kappa shape index (κ1) is 33.3. The molecule has 0 bridgehead atoms. The summed E-state index contributed by atoms with van der Waals surface area (Å²) in [5.74, 6) is -3.04. The molecule has 15 heteroatoms. The van der Waals surface area contributed by atoms with Crippen LogP contribution in [0.1, 0.15) is 36.8 Å². The molecule has 0 saturated carbocycles. The summed E-state index contributed by atoms with van der Waals surface area (Å²) in [6.45, 7) is 0.172. The normalized spacial score (nSPS) is 16.1. The third-order valence-corrected chi connectivity index (χ3v) is 7.66. The number of rotatable bonds is 15. The second-order valence-corrected chi connectivity index (χ2v) is 11.1. The topological polar surface area (TPSA) is 260 Å². The molecule has 244 valence electrons. The number of nitrogens with zero attached hydrogens (tertiary/aromatic N) is 1. The standard InChI is InChI=1S/C31H39N9O6/c32-27(43)24(15-18-16-36-21-5-2-1-4-20(18)21)39-28(44)22(6-3-13-35-31(33)34)38-30(46)25(14-17-7-9-19(41)10-8-17)40-29(45)23-11-12-26(42)37-23/h1-2,4-5,7-10,16,22-25,36,41H,3,6,11-15H2,(H2,32,43)(H,37,42)(H,38,46)(H,39,44)(H,40,45)(H4,33,34,35)/t22-,23-,24-,25-/m0/s1. The number of phenolic OH excluding ortho intramolecular Hbond substituents is 1. The summed E-state index contributed by atoms with van der Waals surface area (Å²) in [5, 5.41) is 21.2. The van der Waals surface area contributed by atoms with E-state index in [4.69, 9.17) is 17.2 Å². The van der Waals surface area contributed by atoms with Crippen LogP contribution in [0, 0.1) is 0 Å². The van der Waals surface area contributed by atoms with Gasteiger partial charge in [0, 0.05) is 42.9 Å². The number of nitrogens with one attached hydrogen (secondary N) is 5. The molecule has 1 aliphatic heterocycles. The second kappa shape index (κ2) is 15.4. The molecule has 0 spiro atoms. The number of H-pyrrole nitrogens is 1. The maximum Gasteiger partial charge on any atom is 0.243 e. The molecule has 5 amide bonds. The zero-order valence-electron chi connectivity index (χ0n) is 25.1. The number of amides is 5. The Bertz CT molecular complexity index is 1600. The fourth-order valence-electron chi connectivity index (χ4n) is 5.22. The van der Waals surface area contributed by atoms with Crippen LogP contribution >= 0.6 is 0 Å². The van der Waals surface area contributed by atoms with Crippen LogP contribution in [0.5, 0.6) is 5.75 Å². The highest BCUT2D eigenvalue weighted by atomic mass is 16.3. The van der Waals surface area contributed by atoms with Gasteiger partial charge in [0.25, 0.3) is 0 Å². The van der Waals surface area contributed by atoms with Crippen molar-refractivity contribution in [2.24, 2.45) is 22.2 Å². The molecule has 0 unspecified atom stereocenters. The van der Waals surface area contributed by atoms with Crippen LogP contribution in [0.2, 0.25) is 0 Å². The zero-order chi connectivity index (χ0) is 33.2. The van der Waals surface area contributed by atoms with Crippen molar-refractivity contribution in [1.82, 2.24) is 26.3 Å². The molecule has 2 aromatic carbocycles. The Morgan fingerprint density at radius 1 is 0.913 bits per heavy atom. The summed E-state index contributed by atoms with van der Waals surface area (Å²) < 4.78 is 0. The van der Waals surface area contributed by atoms with Crippen LogP contribution in [0.3, 0.4) is 0 Å². The van der Waals surface area contributed by atoms with Crippen molar-refractivity contribution in [2.45, 2.75) is 62.7 Å². The number of guanidine groups is 1. The number of phenols is 1. The highest BCUT2D eigenvalue weighted by Gasteiger charge is 2.33. The van der Waals surface area contributed by atoms with E-state index < -0.39 is 47.8 Å². The lowest BCUT2D eigenvalue weighted by molar-refractivity contribution is -0.133. The summed E-state index contributed by atoms with van der Waals surface area (Å²) >= 11 is 0. The SMILES string of the molecule is NC(=O)[C@H](Cc1c[nH]c2ccccc12)NC(=O)[C@H](CCCN=C(N)N)NC(=O)[C@H](Cc1ccc(O)cc1)NC(=O)[C@@H]1CCC(=O)N1. The van der Waals surface area contributed by atoms with E-state index in [1.807, 2.05) is 24.3 Å². The Morgan fingerprint density at radius 3 is 2.28 bits per heavy atom. The number of aromatic hydroxyl groups is 1. The first-order valence-electron chi connectivity index (χ1n) is 14.9. The molecule has 4 atom stereocenters. The predicted molar refractivity (Wildman–Crippen MR) is 170 cm³/mol. The minimum absolute atomic E-state index is 0.0192. The van der Waals surface area contributed by atoms with Gasteiger partial charge in [-0.1, -0.05) is 30.3 Å². The average molecular weight is 634 g/mol. The lowest BCUT2D eigenvalue weighted by Gasteiger charge is -2.25. The van der Waals surface area contributed by atoms with Crippen molar-refractivity contribution in [1.29, 1.82) is 0 Å². The molecule has 46 heavy (non-hydrogen) atoms. The van der Waals surface area contributed by atoms with E-state index in [0.717, 1.165) is 16.5 Å². The number of aromatic amines is 1. The highest BCUT2D eigenvalue weighted by molar-refractivity contribution is 5.96. The fourth-order valence-corrected chi connectivity index (χ4v) is 5.22. The van der Waals surface area contributed by atoms with Crippen LogP contribution in [-0.4, -0.2) is 76.3 Å². The molecular weight excluding hydrogens is 594 g/mol. The highest BCUT2D eigenvalue weighted by Crippen LogP contribution is 2.19. The summed E-state index contributed by atoms with van der Waals surface area (Å²) in [4.78, 5) is 71.5. The Hall–Kier alpha value is -5.60. The van der Waals surface area contributed by atoms with Crippen molar-refractivity contribution in [3.63, 3.8) is 0 Å². The molecular formula is C31H39N9O6. The van der Waals surface area contributed by atoms with Crippen LogP contribution in [0.25, 0.3) is 10.9 Å². The number of fused-ring (bicyclic) bond motifs is 1. The maximum atomic E-state index is 13.7. The smallest absolute Gasteiger partial charge is 0.243 e. The van der Waals surface area contributed by atoms with E-state index in [9.17, 15) is 29.1 Å². The van der Waals surface area contributed by atoms with Crippen molar-refractivity contribution in [3.05, 3.63) is 65.9 Å². The number of carbonyl (C=O) groups is 5. The van der Waals surface area contributed by atoms with Crippen LogP contribution in [-0.2, 0) is 36.8 Å². The molecule has 1 aromatic heterocycles. The molecule has 0 radical (unpaired) electrons. The number of aromatic nitrogens is 1. The molecule has 3 aromatic rings. The van der Waals surface area contributed by atoms with Crippen molar-refractivity contribution in [2.75, 3.05) is 6.54 Å². The van der Waals surface area contributed by atoms with E-state index in [2.05, 4.69) is 31.2 Å². The van der Waals surface area contributed by atoms with E-state index in [0.29, 0.717) is 12.0 Å². The summed E-state index contributed by atoms with van der Waals surface area (Å²) in [6, 6.07) is 9.37. The molecule has 2 heterocycles. The zero-order valence-corrected chi connectivity index (χ0v) is 25.1. The summed E-state index contributed by atoms with van der Waals surface area (Å²) in [6.07, 6.45) is 2.71. The van der Waals surface area contributed by atoms with Gasteiger partial charge in [0.1, 0.15) is 29.9 Å². The van der Waals surface area contributed by atoms with Crippen molar-refractivity contribution < 1.29 is 29.1 Å². The monoisotopic (exact) mass is 633 g/mol. The van der Waals surface area contributed by atoms with Gasteiger partial charge in [-0.05, 0) is 48.6 Å². The van der Waals surface area contributed by atoms with E-state index in [-0.39, 0.29) is 56.3 Å². The molecule has 1 fully saturated rings. The number of carbonyl (C=O) groups excluding carboxylic acids is 5. The van der Waals surface area contributed by atoms with Gasteiger partial charge in [-0.25, -0.2) is 0 Å². The number of aliphatic imine (C=N–C) groups is 1. The Morgan fingerprint density at radius 2 is 1.61 bits per heavy atom. The van der Waals surface area contributed by atoms with E-state index in [1.165, 1.54) is 12.1 Å². The van der Waals surface area contributed by atoms with Gasteiger partial charge >= 0.3 is 0 Å². The number of nitrogens with two attached hydrogens (primary N) is 3. The molecule has 0 aliphatic carbocycles. The van der Waals surface area contributed by atoms with E-state index >= 15 is 0 Å². The molecule has 1 saturated heterocycles. The molecule has 1 aliphatic rings. The quantitative estimate of drug-likeness (QED) is 0.0564. The summed E-state index contributed by atoms with van der Waals surface area (Å²) in [7, 11) is 0. The average Bonchev–Trinajstić information content (AvgIpc) is 3.64. The van der Waals surface area contributed by atoms with Crippen LogP contribution in [0.4, 0.5) is 0 Å². The first-order valence-corrected chi connectivity index (χ1v) is 14.9. The Labute approximate surface area is 264 Å². The lowest BCUT2D eigenvalue weighted by Crippen LogP contribution is -2.58. The van der Waals surface area contributed by atoms with E-state index in [1.54, 1.807) is 18.3 Å². The first-order chi connectivity index (χ1) is 22.0. The number of hydrogen-bond acceptors (Lipinski definition) is 7. The Kier molecular flexibility index (Phi) is 11.2. The fraction of sp³-hybridized carbons (Fsp3) is 0.355. The number of para-hydroxylation sites is 1. The third-order valence-electron chi connectivity index (χ3n) is 7.66. The van der Waals surface area contributed by atoms with Gasteiger partial charge in [-0.3, -0.25) is 29.0 Å². The molecule has 15 nitrogen and oxygen atoms in total. The van der Waals surface area contributed by atoms with Gasteiger partial charge in [-0.2, -0.15) is 0 Å². The molecule has 4 rings (SSSR count).